The van der Waals surface area contributed by atoms with Crippen molar-refractivity contribution in [2.24, 2.45) is 5.92 Å². The van der Waals surface area contributed by atoms with Gasteiger partial charge in [-0.15, -0.1) is 0 Å². The van der Waals surface area contributed by atoms with Crippen molar-refractivity contribution in [1.29, 1.82) is 0 Å². The van der Waals surface area contributed by atoms with E-state index < -0.39 is 0 Å². The first-order chi connectivity index (χ1) is 9.42. The molecular formula is C17H22N2. The summed E-state index contributed by atoms with van der Waals surface area (Å²) >= 11 is 0. The van der Waals surface area contributed by atoms with Gasteiger partial charge in [0.05, 0.1) is 5.52 Å². The van der Waals surface area contributed by atoms with Crippen molar-refractivity contribution in [2.75, 3.05) is 13.1 Å². The van der Waals surface area contributed by atoms with Crippen LogP contribution in [0.5, 0.6) is 0 Å². The van der Waals surface area contributed by atoms with Gasteiger partial charge in [-0.2, -0.15) is 0 Å². The molecule has 0 spiro atoms. The molecule has 2 heterocycles. The van der Waals surface area contributed by atoms with E-state index in [0.29, 0.717) is 0 Å². The van der Waals surface area contributed by atoms with E-state index in [9.17, 15) is 0 Å². The van der Waals surface area contributed by atoms with Gasteiger partial charge in [0, 0.05) is 11.6 Å². The van der Waals surface area contributed by atoms with Crippen molar-refractivity contribution in [3.8, 4) is 0 Å². The zero-order valence-corrected chi connectivity index (χ0v) is 11.4. The molecule has 0 aliphatic carbocycles. The molecule has 1 unspecified atom stereocenters. The summed E-state index contributed by atoms with van der Waals surface area (Å²) in [5.41, 5.74) is 2.48. The lowest BCUT2D eigenvalue weighted by atomic mass is 9.93. The highest BCUT2D eigenvalue weighted by Crippen LogP contribution is 2.19. The lowest BCUT2D eigenvalue weighted by Gasteiger charge is -2.22. The van der Waals surface area contributed by atoms with Crippen LogP contribution in [-0.4, -0.2) is 18.1 Å². The molecule has 1 saturated heterocycles. The van der Waals surface area contributed by atoms with Gasteiger partial charge in [0.1, 0.15) is 0 Å². The van der Waals surface area contributed by atoms with E-state index >= 15 is 0 Å². The lowest BCUT2D eigenvalue weighted by Crippen LogP contribution is -2.29. The van der Waals surface area contributed by atoms with Gasteiger partial charge in [0.25, 0.3) is 0 Å². The highest BCUT2D eigenvalue weighted by molar-refractivity contribution is 5.78. The standard InChI is InChI=1S/C17H22N2/c1-2-9-17-16(8-1)11-15(13-19-17)6-3-5-14-7-4-10-18-12-14/h1-2,8-9,11,13-14,18H,3-7,10,12H2. The second kappa shape index (κ2) is 6.16. The summed E-state index contributed by atoms with van der Waals surface area (Å²) in [5.74, 6) is 0.891. The predicted molar refractivity (Wildman–Crippen MR) is 80.3 cm³/mol. The zero-order valence-electron chi connectivity index (χ0n) is 11.4. The second-order valence-corrected chi connectivity index (χ2v) is 5.64. The minimum Gasteiger partial charge on any atom is -0.316 e. The number of aryl methyl sites for hydroxylation is 1. The molecule has 0 amide bonds. The van der Waals surface area contributed by atoms with Crippen molar-refractivity contribution < 1.29 is 0 Å². The van der Waals surface area contributed by atoms with E-state index in [1.165, 1.54) is 49.7 Å². The van der Waals surface area contributed by atoms with Crippen molar-refractivity contribution >= 4 is 10.9 Å². The average Bonchev–Trinajstić information content (AvgIpc) is 2.48. The molecule has 2 aromatic rings. The zero-order chi connectivity index (χ0) is 12.9. The van der Waals surface area contributed by atoms with Crippen molar-refractivity contribution in [1.82, 2.24) is 10.3 Å². The first-order valence-corrected chi connectivity index (χ1v) is 7.46. The van der Waals surface area contributed by atoms with E-state index in [1.807, 2.05) is 12.3 Å². The van der Waals surface area contributed by atoms with Crippen molar-refractivity contribution in [3.05, 3.63) is 42.1 Å². The number of aromatic nitrogens is 1. The Bertz CT molecular complexity index is 530. The fourth-order valence-electron chi connectivity index (χ4n) is 3.02. The van der Waals surface area contributed by atoms with Gasteiger partial charge in [-0.1, -0.05) is 18.2 Å². The molecule has 0 radical (unpaired) electrons. The molecule has 1 aromatic carbocycles. The second-order valence-electron chi connectivity index (χ2n) is 5.64. The first kappa shape index (κ1) is 12.6. The molecule has 1 aromatic heterocycles. The van der Waals surface area contributed by atoms with Crippen LogP contribution < -0.4 is 5.32 Å². The van der Waals surface area contributed by atoms with Crippen LogP contribution >= 0.6 is 0 Å². The third-order valence-corrected chi connectivity index (χ3v) is 4.12. The number of piperidine rings is 1. The summed E-state index contributed by atoms with van der Waals surface area (Å²) in [6.07, 6.45) is 8.59. The fraction of sp³-hybridized carbons (Fsp3) is 0.471. The SMILES string of the molecule is c1ccc2ncc(CCCC3CCCNC3)cc2c1. The molecule has 19 heavy (non-hydrogen) atoms. The number of fused-ring (bicyclic) bond motifs is 1. The number of nitrogens with zero attached hydrogens (tertiary/aromatic N) is 1. The Kier molecular flexibility index (Phi) is 4.09. The molecule has 2 nitrogen and oxygen atoms in total. The molecule has 3 rings (SSSR count). The first-order valence-electron chi connectivity index (χ1n) is 7.46. The van der Waals surface area contributed by atoms with E-state index in [-0.39, 0.29) is 0 Å². The molecule has 0 saturated carbocycles. The largest absolute Gasteiger partial charge is 0.316 e. The number of pyridine rings is 1. The van der Waals surface area contributed by atoms with Crippen molar-refractivity contribution in [2.45, 2.75) is 32.1 Å². The molecule has 100 valence electrons. The molecule has 1 N–H and O–H groups in total. The number of rotatable bonds is 4. The molecule has 1 fully saturated rings. The van der Waals surface area contributed by atoms with Gasteiger partial charge in [0.2, 0.25) is 0 Å². The van der Waals surface area contributed by atoms with Gasteiger partial charge in [-0.05, 0) is 68.8 Å². The number of benzene rings is 1. The van der Waals surface area contributed by atoms with E-state index in [0.717, 1.165) is 17.9 Å². The highest BCUT2D eigenvalue weighted by atomic mass is 14.9. The molecule has 1 aliphatic rings. The van der Waals surface area contributed by atoms with E-state index in [1.54, 1.807) is 0 Å². The van der Waals surface area contributed by atoms with Crippen molar-refractivity contribution in [3.63, 3.8) is 0 Å². The Labute approximate surface area is 115 Å². The van der Waals surface area contributed by atoms with Crippen LogP contribution in [0.25, 0.3) is 10.9 Å². The van der Waals surface area contributed by atoms with E-state index in [4.69, 9.17) is 0 Å². The van der Waals surface area contributed by atoms with Crippen LogP contribution in [0.4, 0.5) is 0 Å². The topological polar surface area (TPSA) is 24.9 Å². The average molecular weight is 254 g/mol. The minimum absolute atomic E-state index is 0.891. The monoisotopic (exact) mass is 254 g/mol. The Balaban J connectivity index is 1.56. The molecule has 2 heteroatoms. The number of hydrogen-bond donors (Lipinski definition) is 1. The third kappa shape index (κ3) is 3.32. The van der Waals surface area contributed by atoms with Gasteiger partial charge >= 0.3 is 0 Å². The molecule has 0 bridgehead atoms. The van der Waals surface area contributed by atoms with Gasteiger partial charge in [-0.25, -0.2) is 0 Å². The molecular weight excluding hydrogens is 232 g/mol. The van der Waals surface area contributed by atoms with Gasteiger partial charge in [-0.3, -0.25) is 4.98 Å². The predicted octanol–water partition coefficient (Wildman–Crippen LogP) is 3.56. The van der Waals surface area contributed by atoms with Crippen LogP contribution in [-0.2, 0) is 6.42 Å². The van der Waals surface area contributed by atoms with Crippen LogP contribution in [0.3, 0.4) is 0 Å². The number of hydrogen-bond acceptors (Lipinski definition) is 2. The fourth-order valence-corrected chi connectivity index (χ4v) is 3.02. The highest BCUT2D eigenvalue weighted by Gasteiger charge is 2.12. The smallest absolute Gasteiger partial charge is 0.0702 e. The maximum Gasteiger partial charge on any atom is 0.0702 e. The number of para-hydroxylation sites is 1. The Morgan fingerprint density at radius 1 is 1.26 bits per heavy atom. The summed E-state index contributed by atoms with van der Waals surface area (Å²) in [7, 11) is 0. The maximum atomic E-state index is 4.53. The summed E-state index contributed by atoms with van der Waals surface area (Å²) in [5, 5.41) is 4.76. The normalized spacial score (nSPS) is 19.7. The third-order valence-electron chi connectivity index (χ3n) is 4.12. The molecule has 1 atom stereocenters. The lowest BCUT2D eigenvalue weighted by molar-refractivity contribution is 0.351. The summed E-state index contributed by atoms with van der Waals surface area (Å²) < 4.78 is 0. The van der Waals surface area contributed by atoms with Crippen LogP contribution in [0.1, 0.15) is 31.2 Å². The summed E-state index contributed by atoms with van der Waals surface area (Å²) in [6.45, 7) is 2.43. The van der Waals surface area contributed by atoms with Crippen LogP contribution in [0, 0.1) is 5.92 Å². The Hall–Kier alpha value is -1.41. The van der Waals surface area contributed by atoms with Crippen LogP contribution in [0.2, 0.25) is 0 Å². The van der Waals surface area contributed by atoms with E-state index in [2.05, 4.69) is 34.6 Å². The van der Waals surface area contributed by atoms with Crippen LogP contribution in [0.15, 0.2) is 36.5 Å². The summed E-state index contributed by atoms with van der Waals surface area (Å²) in [4.78, 5) is 4.53. The quantitative estimate of drug-likeness (QED) is 0.902. The minimum atomic E-state index is 0.891. The van der Waals surface area contributed by atoms with Gasteiger partial charge in [0.15, 0.2) is 0 Å². The molecule has 1 aliphatic heterocycles. The van der Waals surface area contributed by atoms with Gasteiger partial charge < -0.3 is 5.32 Å². The summed E-state index contributed by atoms with van der Waals surface area (Å²) in [6, 6.07) is 10.7. The Morgan fingerprint density at radius 3 is 3.11 bits per heavy atom. The maximum absolute atomic E-state index is 4.53. The Morgan fingerprint density at radius 2 is 2.21 bits per heavy atom. The number of nitrogens with one attached hydrogen (secondary N) is 1.